The molecule has 0 spiro atoms. The van der Waals surface area contributed by atoms with Crippen molar-refractivity contribution in [2.24, 2.45) is 46.7 Å². The highest BCUT2D eigenvalue weighted by atomic mass is 16.6. The summed E-state index contributed by atoms with van der Waals surface area (Å²) >= 11 is 0. The van der Waals surface area contributed by atoms with Crippen LogP contribution in [0.3, 0.4) is 0 Å². The van der Waals surface area contributed by atoms with Gasteiger partial charge in [-0.25, -0.2) is 4.79 Å². The van der Waals surface area contributed by atoms with Crippen LogP contribution in [0.15, 0.2) is 0 Å². The topological polar surface area (TPSA) is 148 Å². The summed E-state index contributed by atoms with van der Waals surface area (Å²) in [6, 6.07) is -2.55. The molecule has 0 aromatic carbocycles. The van der Waals surface area contributed by atoms with Gasteiger partial charge in [0, 0.05) is 6.54 Å². The van der Waals surface area contributed by atoms with Gasteiger partial charge in [0.15, 0.2) is 0 Å². The number of hydrogen-bond donors (Lipinski definition) is 3. The molecule has 7 atom stereocenters. The van der Waals surface area contributed by atoms with Crippen molar-refractivity contribution in [3.63, 3.8) is 0 Å². The lowest BCUT2D eigenvalue weighted by Crippen LogP contribution is -2.60. The molecule has 2 bridgehead atoms. The van der Waals surface area contributed by atoms with Gasteiger partial charge < -0.3 is 26.0 Å². The summed E-state index contributed by atoms with van der Waals surface area (Å²) in [5.41, 5.74) is 4.70. The Morgan fingerprint density at radius 2 is 1.51 bits per heavy atom. The highest BCUT2D eigenvalue weighted by Gasteiger charge is 2.70. The van der Waals surface area contributed by atoms with Crippen LogP contribution >= 0.6 is 0 Å². The Morgan fingerprint density at radius 1 is 0.867 bits per heavy atom. The van der Waals surface area contributed by atoms with Crippen molar-refractivity contribution in [3.8, 4) is 0 Å². The number of alkyl carbamates (subject to hydrolysis) is 1. The molecule has 1 saturated heterocycles. The molecule has 1 heterocycles. The number of likely N-dealkylation sites (tertiary alicyclic amines) is 1. The molecule has 4 N–H and O–H groups in total. The van der Waals surface area contributed by atoms with E-state index in [0.717, 1.165) is 64.2 Å². The van der Waals surface area contributed by atoms with Gasteiger partial charge in [-0.3, -0.25) is 19.2 Å². The Hall–Kier alpha value is -2.65. The highest BCUT2D eigenvalue weighted by Crippen LogP contribution is 2.65. The number of carbonyl (C=O) groups excluding carboxylic acids is 5. The van der Waals surface area contributed by atoms with E-state index in [-0.39, 0.29) is 35.0 Å². The van der Waals surface area contributed by atoms with E-state index in [9.17, 15) is 24.0 Å². The molecule has 0 aromatic heterocycles. The van der Waals surface area contributed by atoms with Gasteiger partial charge in [0.1, 0.15) is 17.7 Å². The normalized spacial score (nSPS) is 35.3. The maximum absolute atomic E-state index is 14.5. The van der Waals surface area contributed by atoms with Crippen LogP contribution in [0.5, 0.6) is 0 Å². The van der Waals surface area contributed by atoms with Crippen molar-refractivity contribution < 1.29 is 28.7 Å². The van der Waals surface area contributed by atoms with E-state index in [4.69, 9.17) is 10.5 Å². The Kier molecular flexibility index (Phi) is 8.98. The molecule has 5 saturated carbocycles. The Bertz CT molecular complexity index is 1180. The van der Waals surface area contributed by atoms with E-state index in [2.05, 4.69) is 24.5 Å². The van der Waals surface area contributed by atoms with E-state index in [0.29, 0.717) is 24.8 Å². The zero-order valence-corrected chi connectivity index (χ0v) is 27.5. The van der Waals surface area contributed by atoms with Crippen LogP contribution < -0.4 is 16.4 Å². The van der Waals surface area contributed by atoms with E-state index >= 15 is 0 Å². The van der Waals surface area contributed by atoms with E-state index in [1.807, 2.05) is 6.92 Å². The fourth-order valence-corrected chi connectivity index (χ4v) is 10.1. The first-order valence-corrected chi connectivity index (χ1v) is 17.8. The number of primary amides is 1. The maximum Gasteiger partial charge on any atom is 0.408 e. The molecule has 6 fully saturated rings. The average molecular weight is 627 g/mol. The summed E-state index contributed by atoms with van der Waals surface area (Å²) in [4.78, 5) is 68.4. The number of nitrogens with two attached hydrogens (primary N) is 1. The van der Waals surface area contributed by atoms with Crippen molar-refractivity contribution in [2.45, 2.75) is 141 Å². The van der Waals surface area contributed by atoms with E-state index in [1.165, 1.54) is 25.7 Å². The minimum absolute atomic E-state index is 0.0335. The smallest absolute Gasteiger partial charge is 0.408 e. The molecule has 0 aromatic rings. The molecule has 6 rings (SSSR count). The molecule has 45 heavy (non-hydrogen) atoms. The Balaban J connectivity index is 1.19. The van der Waals surface area contributed by atoms with Crippen molar-refractivity contribution in [1.82, 2.24) is 15.5 Å². The Labute approximate surface area is 267 Å². The minimum Gasteiger partial charge on any atom is -0.443 e. The van der Waals surface area contributed by atoms with Crippen molar-refractivity contribution in [3.05, 3.63) is 0 Å². The lowest BCUT2D eigenvalue weighted by molar-refractivity contribution is -0.145. The highest BCUT2D eigenvalue weighted by molar-refractivity contribution is 6.37. The van der Waals surface area contributed by atoms with E-state index in [1.54, 1.807) is 4.90 Å². The van der Waals surface area contributed by atoms with Gasteiger partial charge in [-0.1, -0.05) is 71.6 Å². The SMILES string of the molecule is CC1(OC(=O)N[C@H](C(=O)N2CC3C([C@H]2C(=O)NC(CC2CCC2)C(=O)C(N)=O)C3(C)C)C2CCCCC2)CC2CCCC(C2)C1. The number of amides is 4. The third-order valence-electron chi connectivity index (χ3n) is 12.8. The standard InChI is InChI=1S/C35H54N4O6/c1-34(2)24-19-39(28(26(24)34)31(42)37-25(29(40)30(36)41)16-20-9-7-10-20)32(43)27(23-13-5-4-6-14-23)38-33(44)45-35(3)17-21-11-8-12-22(15-21)18-35/h20-28H,4-19H2,1-3H3,(H2,36,41)(H,37,42)(H,38,44)/t21?,22?,24?,25?,26?,27-,28-,35?/m0/s1. The zero-order valence-electron chi connectivity index (χ0n) is 27.5. The summed E-state index contributed by atoms with van der Waals surface area (Å²) in [5, 5.41) is 5.89. The Morgan fingerprint density at radius 3 is 2.11 bits per heavy atom. The number of rotatable bonds is 10. The molecule has 10 heteroatoms. The first-order valence-electron chi connectivity index (χ1n) is 17.8. The third kappa shape index (κ3) is 6.62. The fourth-order valence-electron chi connectivity index (χ4n) is 10.1. The van der Waals surface area contributed by atoms with Crippen molar-refractivity contribution in [1.29, 1.82) is 0 Å². The molecular formula is C35H54N4O6. The van der Waals surface area contributed by atoms with Gasteiger partial charge in [0.05, 0.1) is 6.04 Å². The molecule has 5 unspecified atom stereocenters. The van der Waals surface area contributed by atoms with Crippen LogP contribution in [0.25, 0.3) is 0 Å². The minimum atomic E-state index is -1.06. The van der Waals surface area contributed by atoms with Crippen LogP contribution in [0, 0.1) is 40.9 Å². The predicted molar refractivity (Wildman–Crippen MR) is 167 cm³/mol. The van der Waals surface area contributed by atoms with Crippen LogP contribution in [-0.4, -0.2) is 64.8 Å². The fraction of sp³-hybridized carbons (Fsp3) is 0.857. The molecule has 5 aliphatic carbocycles. The number of nitrogens with zero attached hydrogens (tertiary/aromatic N) is 1. The molecule has 6 aliphatic rings. The van der Waals surface area contributed by atoms with Crippen LogP contribution in [0.1, 0.15) is 117 Å². The van der Waals surface area contributed by atoms with Gasteiger partial charge in [0.2, 0.25) is 17.6 Å². The molecule has 1 aliphatic heterocycles. The zero-order chi connectivity index (χ0) is 32.1. The number of Topliss-reactive ketones (excluding diaryl/α,β-unsaturated/α-hetero) is 1. The van der Waals surface area contributed by atoms with Crippen molar-refractivity contribution in [2.75, 3.05) is 6.54 Å². The summed E-state index contributed by atoms with van der Waals surface area (Å²) in [6.07, 6.45) is 14.1. The number of nitrogens with one attached hydrogen (secondary N) is 2. The van der Waals surface area contributed by atoms with Crippen molar-refractivity contribution >= 4 is 29.6 Å². The second-order valence-electron chi connectivity index (χ2n) is 16.4. The first-order chi connectivity index (χ1) is 21.4. The summed E-state index contributed by atoms with van der Waals surface area (Å²) in [5.74, 6) is -1.02. The van der Waals surface area contributed by atoms with Gasteiger partial charge >= 0.3 is 6.09 Å². The quantitative estimate of drug-likeness (QED) is 0.309. The molecule has 4 amide bonds. The summed E-state index contributed by atoms with van der Waals surface area (Å²) < 4.78 is 6.16. The maximum atomic E-state index is 14.5. The second kappa shape index (κ2) is 12.5. The van der Waals surface area contributed by atoms with Gasteiger partial charge in [-0.2, -0.15) is 0 Å². The predicted octanol–water partition coefficient (Wildman–Crippen LogP) is 4.23. The average Bonchev–Trinajstić information content (AvgIpc) is 3.27. The number of ketones is 1. The van der Waals surface area contributed by atoms with E-state index < -0.39 is 47.4 Å². The van der Waals surface area contributed by atoms with Crippen LogP contribution in [0.4, 0.5) is 4.79 Å². The van der Waals surface area contributed by atoms with Crippen LogP contribution in [-0.2, 0) is 23.9 Å². The van der Waals surface area contributed by atoms with Crippen LogP contribution in [0.2, 0.25) is 0 Å². The third-order valence-corrected chi connectivity index (χ3v) is 12.8. The van der Waals surface area contributed by atoms with Gasteiger partial charge in [-0.15, -0.1) is 0 Å². The first kappa shape index (κ1) is 32.3. The monoisotopic (exact) mass is 626 g/mol. The molecule has 0 radical (unpaired) electrons. The number of fused-ring (bicyclic) bond motifs is 3. The molecular weight excluding hydrogens is 572 g/mol. The lowest BCUT2D eigenvalue weighted by atomic mass is 9.66. The molecule has 250 valence electrons. The molecule has 10 nitrogen and oxygen atoms in total. The summed E-state index contributed by atoms with van der Waals surface area (Å²) in [7, 11) is 0. The number of hydrogen-bond acceptors (Lipinski definition) is 6. The lowest BCUT2D eigenvalue weighted by Gasteiger charge is -2.45. The largest absolute Gasteiger partial charge is 0.443 e. The van der Waals surface area contributed by atoms with Gasteiger partial charge in [0.25, 0.3) is 5.91 Å². The number of carbonyl (C=O) groups is 5. The van der Waals surface area contributed by atoms with Gasteiger partial charge in [-0.05, 0) is 86.4 Å². The second-order valence-corrected chi connectivity index (χ2v) is 16.4. The number of piperidine rings is 1. The summed E-state index contributed by atoms with van der Waals surface area (Å²) in [6.45, 7) is 6.68. The number of ether oxygens (including phenoxy) is 1.